The van der Waals surface area contributed by atoms with Gasteiger partial charge in [-0.15, -0.1) is 0 Å². The monoisotopic (exact) mass is 236 g/mol. The van der Waals surface area contributed by atoms with Gasteiger partial charge in [-0.05, 0) is 36.2 Å². The lowest BCUT2D eigenvalue weighted by Crippen LogP contribution is -1.94. The number of anilines is 1. The van der Waals surface area contributed by atoms with Crippen molar-refractivity contribution in [1.29, 1.82) is 0 Å². The zero-order valence-electron chi connectivity index (χ0n) is 8.67. The van der Waals surface area contributed by atoms with E-state index in [1.807, 2.05) is 0 Å². The Bertz CT molecular complexity index is 541. The molecule has 4 heteroatoms. The molecule has 0 unspecified atom stereocenters. The maximum absolute atomic E-state index is 13.1. The molecule has 82 valence electrons. The van der Waals surface area contributed by atoms with Crippen molar-refractivity contribution in [2.24, 2.45) is 0 Å². The van der Waals surface area contributed by atoms with Gasteiger partial charge in [-0.2, -0.15) is 0 Å². The molecular weight excluding hydrogens is 227 g/mol. The van der Waals surface area contributed by atoms with Gasteiger partial charge in [0.15, 0.2) is 0 Å². The van der Waals surface area contributed by atoms with Crippen molar-refractivity contribution in [2.75, 3.05) is 5.73 Å². The zero-order valence-corrected chi connectivity index (χ0v) is 9.42. The smallest absolute Gasteiger partial charge is 0.131 e. The van der Waals surface area contributed by atoms with Crippen LogP contribution in [0.1, 0.15) is 5.56 Å². The largest absolute Gasteiger partial charge is 0.383 e. The Labute approximate surface area is 97.9 Å². The van der Waals surface area contributed by atoms with Crippen molar-refractivity contribution in [2.45, 2.75) is 6.92 Å². The second kappa shape index (κ2) is 4.10. The van der Waals surface area contributed by atoms with E-state index in [1.165, 1.54) is 12.3 Å². The van der Waals surface area contributed by atoms with Gasteiger partial charge in [-0.1, -0.05) is 17.7 Å². The number of rotatable bonds is 1. The normalized spacial score (nSPS) is 10.4. The second-order valence-electron chi connectivity index (χ2n) is 3.55. The van der Waals surface area contributed by atoms with Gasteiger partial charge in [0.25, 0.3) is 0 Å². The molecule has 2 N–H and O–H groups in total. The van der Waals surface area contributed by atoms with E-state index in [4.69, 9.17) is 17.3 Å². The number of aromatic nitrogens is 1. The molecule has 0 atom stereocenters. The maximum atomic E-state index is 13.1. The molecule has 0 spiro atoms. The van der Waals surface area contributed by atoms with Gasteiger partial charge in [-0.25, -0.2) is 9.37 Å². The van der Waals surface area contributed by atoms with Gasteiger partial charge < -0.3 is 5.73 Å². The fourth-order valence-electron chi connectivity index (χ4n) is 1.49. The molecule has 0 aliphatic carbocycles. The average Bonchev–Trinajstić information content (AvgIpc) is 2.26. The van der Waals surface area contributed by atoms with Gasteiger partial charge in [0.1, 0.15) is 11.6 Å². The number of pyridine rings is 1. The molecule has 0 saturated heterocycles. The lowest BCUT2D eigenvalue weighted by Gasteiger charge is -2.06. The van der Waals surface area contributed by atoms with Crippen LogP contribution in [-0.2, 0) is 0 Å². The zero-order chi connectivity index (χ0) is 11.7. The van der Waals surface area contributed by atoms with E-state index in [0.717, 1.165) is 11.1 Å². The summed E-state index contributed by atoms with van der Waals surface area (Å²) in [5, 5.41) is 0.506. The Balaban J connectivity index is 2.58. The molecule has 0 bridgehead atoms. The van der Waals surface area contributed by atoms with Crippen LogP contribution in [0.4, 0.5) is 10.2 Å². The lowest BCUT2D eigenvalue weighted by atomic mass is 10.0. The molecule has 1 heterocycles. The number of hydrogen-bond donors (Lipinski definition) is 1. The highest BCUT2D eigenvalue weighted by Crippen LogP contribution is 2.28. The third-order valence-electron chi connectivity index (χ3n) is 2.35. The second-order valence-corrected chi connectivity index (χ2v) is 3.99. The van der Waals surface area contributed by atoms with E-state index in [-0.39, 0.29) is 5.82 Å². The molecule has 0 fully saturated rings. The summed E-state index contributed by atoms with van der Waals surface area (Å²) in [6.07, 6.45) is 1.48. The Hall–Kier alpha value is -1.61. The number of halogens is 2. The van der Waals surface area contributed by atoms with Gasteiger partial charge in [0.05, 0.1) is 5.02 Å². The number of nitrogens with zero attached hydrogens (tertiary/aromatic N) is 1. The SMILES string of the molecule is Cc1cc(-c2cc(Cl)cnc2N)ccc1F. The summed E-state index contributed by atoms with van der Waals surface area (Å²) >= 11 is 5.85. The number of hydrogen-bond acceptors (Lipinski definition) is 2. The summed E-state index contributed by atoms with van der Waals surface area (Å²) in [5.74, 6) is 0.146. The van der Waals surface area contributed by atoms with E-state index in [0.29, 0.717) is 16.4 Å². The summed E-state index contributed by atoms with van der Waals surface area (Å²) < 4.78 is 13.1. The van der Waals surface area contributed by atoms with Crippen LogP contribution in [0.5, 0.6) is 0 Å². The predicted octanol–water partition coefficient (Wildman–Crippen LogP) is 3.43. The first-order valence-electron chi connectivity index (χ1n) is 4.75. The lowest BCUT2D eigenvalue weighted by molar-refractivity contribution is 0.619. The van der Waals surface area contributed by atoms with Crippen molar-refractivity contribution >= 4 is 17.4 Å². The Morgan fingerprint density at radius 2 is 2.06 bits per heavy atom. The number of nitrogen functional groups attached to an aromatic ring is 1. The van der Waals surface area contributed by atoms with E-state index in [9.17, 15) is 4.39 Å². The topological polar surface area (TPSA) is 38.9 Å². The molecular formula is C12H10ClFN2. The molecule has 1 aromatic carbocycles. The maximum Gasteiger partial charge on any atom is 0.131 e. The van der Waals surface area contributed by atoms with Crippen molar-refractivity contribution in [3.63, 3.8) is 0 Å². The minimum absolute atomic E-state index is 0.239. The number of nitrogens with two attached hydrogens (primary N) is 1. The average molecular weight is 237 g/mol. The quantitative estimate of drug-likeness (QED) is 0.824. The van der Waals surface area contributed by atoms with Crippen LogP contribution in [0, 0.1) is 12.7 Å². The Morgan fingerprint density at radius 3 is 2.75 bits per heavy atom. The minimum Gasteiger partial charge on any atom is -0.383 e. The van der Waals surface area contributed by atoms with Crippen LogP contribution in [0.2, 0.25) is 5.02 Å². The summed E-state index contributed by atoms with van der Waals surface area (Å²) in [4.78, 5) is 3.96. The van der Waals surface area contributed by atoms with Crippen LogP contribution in [0.25, 0.3) is 11.1 Å². The summed E-state index contributed by atoms with van der Waals surface area (Å²) in [7, 11) is 0. The van der Waals surface area contributed by atoms with Gasteiger partial charge >= 0.3 is 0 Å². The van der Waals surface area contributed by atoms with Crippen molar-refractivity contribution in [1.82, 2.24) is 4.98 Å². The van der Waals surface area contributed by atoms with E-state index < -0.39 is 0 Å². The van der Waals surface area contributed by atoms with Gasteiger partial charge in [0.2, 0.25) is 0 Å². The number of aryl methyl sites for hydroxylation is 1. The van der Waals surface area contributed by atoms with Crippen molar-refractivity contribution < 1.29 is 4.39 Å². The van der Waals surface area contributed by atoms with E-state index in [1.54, 1.807) is 25.1 Å². The molecule has 0 aliphatic rings. The first-order chi connectivity index (χ1) is 7.58. The van der Waals surface area contributed by atoms with E-state index >= 15 is 0 Å². The van der Waals surface area contributed by atoms with E-state index in [2.05, 4.69) is 4.98 Å². The summed E-state index contributed by atoms with van der Waals surface area (Å²) in [6, 6.07) is 6.51. The first-order valence-corrected chi connectivity index (χ1v) is 5.13. The molecule has 16 heavy (non-hydrogen) atoms. The van der Waals surface area contributed by atoms with Crippen LogP contribution in [0.3, 0.4) is 0 Å². The summed E-state index contributed by atoms with van der Waals surface area (Å²) in [5.41, 5.74) is 7.84. The molecule has 2 rings (SSSR count). The highest BCUT2D eigenvalue weighted by Gasteiger charge is 2.06. The molecule has 2 aromatic rings. The predicted molar refractivity (Wildman–Crippen MR) is 63.8 cm³/mol. The Morgan fingerprint density at radius 1 is 1.31 bits per heavy atom. The first kappa shape index (κ1) is 10.9. The fraction of sp³-hybridized carbons (Fsp3) is 0.0833. The molecule has 0 amide bonds. The standard InChI is InChI=1S/C12H10ClFN2/c1-7-4-8(2-3-11(7)14)10-5-9(13)6-16-12(10)15/h2-6H,1H3,(H2,15,16). The molecule has 0 radical (unpaired) electrons. The van der Waals surface area contributed by atoms with Crippen LogP contribution >= 0.6 is 11.6 Å². The molecule has 2 nitrogen and oxygen atoms in total. The number of benzene rings is 1. The molecule has 1 aromatic heterocycles. The summed E-state index contributed by atoms with van der Waals surface area (Å²) in [6.45, 7) is 1.70. The molecule has 0 aliphatic heterocycles. The highest BCUT2D eigenvalue weighted by molar-refractivity contribution is 6.30. The van der Waals surface area contributed by atoms with Crippen LogP contribution < -0.4 is 5.73 Å². The van der Waals surface area contributed by atoms with Crippen LogP contribution in [0.15, 0.2) is 30.5 Å². The fourth-order valence-corrected chi connectivity index (χ4v) is 1.65. The minimum atomic E-state index is -0.239. The van der Waals surface area contributed by atoms with Gasteiger partial charge in [-0.3, -0.25) is 0 Å². The Kier molecular flexibility index (Phi) is 2.79. The van der Waals surface area contributed by atoms with Gasteiger partial charge in [0, 0.05) is 11.8 Å². The third-order valence-corrected chi connectivity index (χ3v) is 2.56. The van der Waals surface area contributed by atoms with Crippen molar-refractivity contribution in [3.8, 4) is 11.1 Å². The third kappa shape index (κ3) is 1.99. The molecule has 0 saturated carbocycles. The highest BCUT2D eigenvalue weighted by atomic mass is 35.5. The van der Waals surface area contributed by atoms with Crippen LogP contribution in [-0.4, -0.2) is 4.98 Å². The van der Waals surface area contributed by atoms with Crippen molar-refractivity contribution in [3.05, 3.63) is 46.9 Å².